The van der Waals surface area contributed by atoms with Crippen molar-refractivity contribution in [3.05, 3.63) is 36.0 Å². The minimum atomic E-state index is -5.05. The van der Waals surface area contributed by atoms with Crippen molar-refractivity contribution in [3.63, 3.8) is 0 Å². The number of benzene rings is 1. The van der Waals surface area contributed by atoms with Crippen molar-refractivity contribution in [2.45, 2.75) is 31.2 Å². The highest BCUT2D eigenvalue weighted by molar-refractivity contribution is 7.70. The molecule has 1 aromatic carbocycles. The molecule has 0 saturated carbocycles. The van der Waals surface area contributed by atoms with E-state index in [2.05, 4.69) is 15.6 Å². The van der Waals surface area contributed by atoms with Crippen LogP contribution < -0.4 is 10.6 Å². The molecule has 0 bridgehead atoms. The maximum absolute atomic E-state index is 12.0. The molecule has 1 heterocycles. The second-order valence-electron chi connectivity index (χ2n) is 6.72. The van der Waals surface area contributed by atoms with Gasteiger partial charge < -0.3 is 35.3 Å². The number of hydrogen-bond donors (Lipinski definition) is 7. The van der Waals surface area contributed by atoms with Crippen molar-refractivity contribution in [1.29, 1.82) is 0 Å². The lowest BCUT2D eigenvalue weighted by atomic mass is 10.1. The molecule has 0 aliphatic rings. The Bertz CT molecular complexity index is 1030. The second kappa shape index (κ2) is 10.3. The van der Waals surface area contributed by atoms with Gasteiger partial charge in [0, 0.05) is 37.5 Å². The Kier molecular flexibility index (Phi) is 8.30. The van der Waals surface area contributed by atoms with Crippen LogP contribution in [0.15, 0.2) is 30.5 Å². The molecule has 2 amide bonds. The molecule has 0 spiro atoms. The molecule has 170 valence electrons. The average Bonchev–Trinajstić information content (AvgIpc) is 2.67. The Morgan fingerprint density at radius 1 is 0.968 bits per heavy atom. The molecule has 0 aliphatic heterocycles. The van der Waals surface area contributed by atoms with Gasteiger partial charge in [0.1, 0.15) is 11.3 Å². The zero-order valence-electron chi connectivity index (χ0n) is 16.2. The van der Waals surface area contributed by atoms with E-state index in [1.807, 2.05) is 0 Å². The first-order valence-corrected chi connectivity index (χ1v) is 12.5. The summed E-state index contributed by atoms with van der Waals surface area (Å²) in [6.07, 6.45) is 0.528. The summed E-state index contributed by atoms with van der Waals surface area (Å²) >= 11 is 0. The van der Waals surface area contributed by atoms with Gasteiger partial charge in [-0.15, -0.1) is 0 Å². The van der Waals surface area contributed by atoms with Crippen LogP contribution in [0.5, 0.6) is 5.75 Å². The van der Waals surface area contributed by atoms with Crippen LogP contribution in [-0.2, 0) is 25.3 Å². The van der Waals surface area contributed by atoms with Crippen LogP contribution in [0, 0.1) is 0 Å². The second-order valence-corrected chi connectivity index (χ2v) is 10.7. The number of pyridine rings is 1. The van der Waals surface area contributed by atoms with Crippen LogP contribution in [0.3, 0.4) is 0 Å². The molecule has 2 rings (SSSR count). The van der Waals surface area contributed by atoms with E-state index in [0.29, 0.717) is 10.9 Å². The average molecular weight is 475 g/mol. The Balaban J connectivity index is 1.79. The number of rotatable bonds is 10. The van der Waals surface area contributed by atoms with Crippen molar-refractivity contribution in [2.24, 2.45) is 0 Å². The number of carbonyl (C=O) groups is 2. The maximum Gasteiger partial charge on any atom is 0.340 e. The molecular formula is C17H23N3O9P2. The molecule has 0 saturated heterocycles. The molecule has 0 unspecified atom stereocenters. The van der Waals surface area contributed by atoms with Crippen molar-refractivity contribution in [1.82, 2.24) is 15.6 Å². The van der Waals surface area contributed by atoms with E-state index in [0.717, 1.165) is 5.56 Å². The van der Waals surface area contributed by atoms with Gasteiger partial charge in [0.2, 0.25) is 11.8 Å². The quantitative estimate of drug-likeness (QED) is 0.237. The molecular weight excluding hydrogens is 452 g/mol. The molecule has 14 heteroatoms. The molecule has 2 aromatic rings. The lowest BCUT2D eigenvalue weighted by Gasteiger charge is -2.19. The largest absolute Gasteiger partial charge is 0.506 e. The third-order valence-electron chi connectivity index (χ3n) is 4.40. The molecule has 7 N–H and O–H groups in total. The van der Waals surface area contributed by atoms with Gasteiger partial charge in [-0.2, -0.15) is 0 Å². The van der Waals surface area contributed by atoms with Gasteiger partial charge in [-0.1, -0.05) is 12.1 Å². The van der Waals surface area contributed by atoms with Gasteiger partial charge in [-0.3, -0.25) is 23.7 Å². The first-order chi connectivity index (χ1) is 14.4. The number of hydrogen-bond acceptors (Lipinski definition) is 6. The fourth-order valence-electron chi connectivity index (χ4n) is 2.84. The summed E-state index contributed by atoms with van der Waals surface area (Å²) in [6.45, 7) is -0.219. The number of amides is 2. The number of phenols is 1. The van der Waals surface area contributed by atoms with Gasteiger partial charge in [0.05, 0.1) is 0 Å². The normalized spacial score (nSPS) is 12.2. The highest BCUT2D eigenvalue weighted by Gasteiger charge is 2.42. The van der Waals surface area contributed by atoms with Gasteiger partial charge in [-0.05, 0) is 24.1 Å². The Labute approximate surface area is 177 Å². The summed E-state index contributed by atoms with van der Waals surface area (Å²) in [4.78, 5) is 64.0. The first kappa shape index (κ1) is 24.9. The molecule has 12 nitrogen and oxygen atoms in total. The summed E-state index contributed by atoms with van der Waals surface area (Å²) in [7, 11) is -10.1. The highest BCUT2D eigenvalue weighted by Crippen LogP contribution is 2.61. The maximum atomic E-state index is 12.0. The fourth-order valence-corrected chi connectivity index (χ4v) is 5.34. The van der Waals surface area contributed by atoms with Crippen LogP contribution in [0.25, 0.3) is 10.9 Å². The highest BCUT2D eigenvalue weighted by atomic mass is 31.2. The lowest BCUT2D eigenvalue weighted by Crippen LogP contribution is -2.29. The minimum absolute atomic E-state index is 0.0158. The fraction of sp³-hybridized carbons (Fsp3) is 0.353. The lowest BCUT2D eigenvalue weighted by molar-refractivity contribution is -0.126. The van der Waals surface area contributed by atoms with E-state index in [9.17, 15) is 23.8 Å². The number of aromatic hydroxyl groups is 1. The minimum Gasteiger partial charge on any atom is -0.506 e. The van der Waals surface area contributed by atoms with Gasteiger partial charge in [0.15, 0.2) is 5.40 Å². The van der Waals surface area contributed by atoms with E-state index < -0.39 is 38.8 Å². The van der Waals surface area contributed by atoms with Crippen LogP contribution in [0.4, 0.5) is 0 Å². The van der Waals surface area contributed by atoms with E-state index >= 15 is 0 Å². The van der Waals surface area contributed by atoms with Gasteiger partial charge in [0.25, 0.3) is 0 Å². The van der Waals surface area contributed by atoms with E-state index in [-0.39, 0.29) is 31.7 Å². The Hall–Kier alpha value is -2.33. The third-order valence-corrected chi connectivity index (χ3v) is 8.27. The van der Waals surface area contributed by atoms with Crippen LogP contribution >= 0.6 is 15.2 Å². The Morgan fingerprint density at radius 3 is 2.19 bits per heavy atom. The third kappa shape index (κ3) is 7.39. The summed E-state index contributed by atoms with van der Waals surface area (Å²) in [5, 5.41) is 13.2. The molecule has 31 heavy (non-hydrogen) atoms. The molecule has 1 aromatic heterocycles. The van der Waals surface area contributed by atoms with Crippen molar-refractivity contribution in [2.75, 3.05) is 6.54 Å². The van der Waals surface area contributed by atoms with Crippen LogP contribution in [0.2, 0.25) is 0 Å². The molecule has 0 fully saturated rings. The number of nitrogens with one attached hydrogen (secondary N) is 2. The van der Waals surface area contributed by atoms with Gasteiger partial charge in [-0.25, -0.2) is 0 Å². The van der Waals surface area contributed by atoms with E-state index in [1.165, 1.54) is 12.3 Å². The topological polar surface area (TPSA) is 206 Å². The Morgan fingerprint density at radius 2 is 1.58 bits per heavy atom. The number of carbonyl (C=O) groups excluding carboxylic acids is 2. The predicted octanol–water partition coefficient (Wildman–Crippen LogP) is 0.525. The van der Waals surface area contributed by atoms with Gasteiger partial charge >= 0.3 is 15.2 Å². The number of phenolic OH excluding ortho intramolecular Hbond substituents is 1. The summed E-state index contributed by atoms with van der Waals surface area (Å²) in [6, 6.07) is 6.55. The van der Waals surface area contributed by atoms with Crippen LogP contribution in [0.1, 0.15) is 24.8 Å². The van der Waals surface area contributed by atoms with E-state index in [4.69, 9.17) is 19.6 Å². The van der Waals surface area contributed by atoms with Crippen LogP contribution in [-0.4, -0.2) is 53.4 Å². The first-order valence-electron chi connectivity index (χ1n) is 9.09. The smallest absolute Gasteiger partial charge is 0.340 e. The summed E-state index contributed by atoms with van der Waals surface area (Å²) in [5.41, 5.74) is 1.12. The standard InChI is InChI=1S/C17H23N3O9P2/c21-13-4-3-11(12-2-1-8-19-17(12)13)10-20-15(23)6-5-14(22)18-9-7-16(30(24,25)26)31(27,28)29/h1-4,8,16,21H,5-7,9-10H2,(H,18,22)(H,20,23)(H2,24,25,26)(H2,27,28,29). The van der Waals surface area contributed by atoms with E-state index in [1.54, 1.807) is 18.2 Å². The molecule has 0 aliphatic carbocycles. The van der Waals surface area contributed by atoms with Crippen molar-refractivity contribution in [3.8, 4) is 5.75 Å². The predicted molar refractivity (Wildman–Crippen MR) is 110 cm³/mol. The monoisotopic (exact) mass is 475 g/mol. The molecule has 0 atom stereocenters. The summed E-state index contributed by atoms with van der Waals surface area (Å²) < 4.78 is 22.4. The SMILES string of the molecule is O=C(CCC(=O)NCc1ccc(O)c2ncccc12)NCCC(P(=O)(O)O)P(=O)(O)O. The van der Waals surface area contributed by atoms with Crippen molar-refractivity contribution >= 4 is 37.9 Å². The number of aromatic nitrogens is 1. The van der Waals surface area contributed by atoms with Crippen molar-refractivity contribution < 1.29 is 43.4 Å². The number of nitrogens with zero attached hydrogens (tertiary/aromatic N) is 1. The zero-order valence-corrected chi connectivity index (χ0v) is 18.0. The number of fused-ring (bicyclic) bond motifs is 1. The zero-order chi connectivity index (χ0) is 23.2. The summed E-state index contributed by atoms with van der Waals surface area (Å²) in [5.74, 6) is -1.02. The molecule has 0 radical (unpaired) electrons.